The van der Waals surface area contributed by atoms with Crippen LogP contribution < -0.4 is 0 Å². The number of carbonyl (C=O) groups is 1. The van der Waals surface area contributed by atoms with Crippen LogP contribution in [0.2, 0.25) is 0 Å². The van der Waals surface area contributed by atoms with Crippen LogP contribution in [-0.4, -0.2) is 36.6 Å². The smallest absolute Gasteiger partial charge is 0.338 e. The van der Waals surface area contributed by atoms with Crippen LogP contribution in [0.3, 0.4) is 0 Å². The molecule has 0 unspecified atom stereocenters. The van der Waals surface area contributed by atoms with Gasteiger partial charge in [0, 0.05) is 25.6 Å². The molecule has 0 N–H and O–H groups in total. The summed E-state index contributed by atoms with van der Waals surface area (Å²) in [6, 6.07) is 5.53. The first-order valence-electron chi connectivity index (χ1n) is 5.79. The minimum absolute atomic E-state index is 0.336. The van der Waals surface area contributed by atoms with Gasteiger partial charge in [-0.2, -0.15) is 5.10 Å². The van der Waals surface area contributed by atoms with Crippen LogP contribution in [0.4, 0.5) is 0 Å². The summed E-state index contributed by atoms with van der Waals surface area (Å²) in [5.74, 6) is -0.336. The zero-order chi connectivity index (χ0) is 13.0. The molecule has 0 saturated carbocycles. The number of carbonyl (C=O) groups excluding carboxylic acids is 1. The van der Waals surface area contributed by atoms with Gasteiger partial charge in [0.05, 0.1) is 24.4 Å². The zero-order valence-electron chi connectivity index (χ0n) is 10.5. The van der Waals surface area contributed by atoms with Gasteiger partial charge in [-0.05, 0) is 18.6 Å². The molecule has 0 saturated heterocycles. The van der Waals surface area contributed by atoms with Crippen molar-refractivity contribution in [1.29, 1.82) is 0 Å². The Morgan fingerprint density at radius 1 is 1.39 bits per heavy atom. The van der Waals surface area contributed by atoms with E-state index in [9.17, 15) is 4.79 Å². The van der Waals surface area contributed by atoms with E-state index < -0.39 is 0 Å². The summed E-state index contributed by atoms with van der Waals surface area (Å²) in [7, 11) is 3.06. The van der Waals surface area contributed by atoms with E-state index in [4.69, 9.17) is 9.47 Å². The Hall–Kier alpha value is -1.88. The van der Waals surface area contributed by atoms with Crippen LogP contribution in [0.5, 0.6) is 0 Å². The Bertz CT molecular complexity index is 548. The molecule has 2 aromatic rings. The van der Waals surface area contributed by atoms with Crippen molar-refractivity contribution in [1.82, 2.24) is 9.78 Å². The fourth-order valence-corrected chi connectivity index (χ4v) is 1.93. The van der Waals surface area contributed by atoms with Gasteiger partial charge in [-0.25, -0.2) is 4.79 Å². The highest BCUT2D eigenvalue weighted by Crippen LogP contribution is 2.19. The van der Waals surface area contributed by atoms with E-state index in [1.165, 1.54) is 7.11 Å². The van der Waals surface area contributed by atoms with Gasteiger partial charge in [0.2, 0.25) is 0 Å². The van der Waals surface area contributed by atoms with Crippen LogP contribution >= 0.6 is 0 Å². The van der Waals surface area contributed by atoms with Gasteiger partial charge >= 0.3 is 5.97 Å². The molecule has 96 valence electrons. The number of esters is 1. The van der Waals surface area contributed by atoms with Crippen molar-refractivity contribution in [3.8, 4) is 0 Å². The second kappa shape index (κ2) is 5.64. The van der Waals surface area contributed by atoms with E-state index in [0.717, 1.165) is 23.9 Å². The molecule has 0 aliphatic carbocycles. The zero-order valence-corrected chi connectivity index (χ0v) is 10.5. The van der Waals surface area contributed by atoms with E-state index in [-0.39, 0.29) is 5.97 Å². The molecule has 5 heteroatoms. The normalized spacial score (nSPS) is 10.8. The van der Waals surface area contributed by atoms with Crippen molar-refractivity contribution in [3.05, 3.63) is 30.0 Å². The molecule has 1 aromatic carbocycles. The van der Waals surface area contributed by atoms with Gasteiger partial charge in [0.25, 0.3) is 0 Å². The number of hydrogen-bond acceptors (Lipinski definition) is 4. The number of nitrogens with zero attached hydrogens (tertiary/aromatic N) is 2. The topological polar surface area (TPSA) is 53.4 Å². The minimum Gasteiger partial charge on any atom is -0.465 e. The average Bonchev–Trinajstić information content (AvgIpc) is 2.81. The first-order valence-corrected chi connectivity index (χ1v) is 5.79. The van der Waals surface area contributed by atoms with Crippen molar-refractivity contribution in [3.63, 3.8) is 0 Å². The van der Waals surface area contributed by atoms with Crippen molar-refractivity contribution in [2.24, 2.45) is 0 Å². The maximum Gasteiger partial charge on any atom is 0.338 e. The lowest BCUT2D eigenvalue weighted by Crippen LogP contribution is -2.04. The third-order valence-corrected chi connectivity index (χ3v) is 2.81. The van der Waals surface area contributed by atoms with E-state index in [1.807, 2.05) is 16.8 Å². The number of fused-ring (bicyclic) bond motifs is 1. The molecule has 0 fully saturated rings. The largest absolute Gasteiger partial charge is 0.465 e. The Labute approximate surface area is 105 Å². The third-order valence-electron chi connectivity index (χ3n) is 2.81. The Morgan fingerprint density at radius 3 is 2.94 bits per heavy atom. The lowest BCUT2D eigenvalue weighted by Gasteiger charge is -2.04. The predicted octanol–water partition coefficient (Wildman–Crippen LogP) is 1.86. The molecule has 0 spiro atoms. The van der Waals surface area contributed by atoms with E-state index in [2.05, 4.69) is 5.10 Å². The second-order valence-electron chi connectivity index (χ2n) is 3.94. The van der Waals surface area contributed by atoms with E-state index in [1.54, 1.807) is 19.4 Å². The number of aromatic nitrogens is 2. The molecule has 0 aliphatic rings. The van der Waals surface area contributed by atoms with Gasteiger partial charge in [-0.1, -0.05) is 6.07 Å². The van der Waals surface area contributed by atoms with Gasteiger partial charge in [0.15, 0.2) is 0 Å². The maximum atomic E-state index is 11.6. The highest BCUT2D eigenvalue weighted by Gasteiger charge is 2.12. The van der Waals surface area contributed by atoms with Crippen LogP contribution in [0.1, 0.15) is 16.8 Å². The SMILES string of the molecule is COCCCn1ncc2c(C(=O)OC)cccc21. The number of ether oxygens (including phenoxy) is 2. The van der Waals surface area contributed by atoms with Crippen molar-refractivity contribution < 1.29 is 14.3 Å². The molecule has 18 heavy (non-hydrogen) atoms. The summed E-state index contributed by atoms with van der Waals surface area (Å²) in [6.45, 7) is 1.46. The molecule has 0 atom stereocenters. The fraction of sp³-hybridized carbons (Fsp3) is 0.385. The standard InChI is InChI=1S/C13H16N2O3/c1-17-8-4-7-15-12-6-3-5-10(13(16)18-2)11(12)9-14-15/h3,5-6,9H,4,7-8H2,1-2H3. The number of rotatable bonds is 5. The summed E-state index contributed by atoms with van der Waals surface area (Å²) in [5, 5.41) is 5.12. The van der Waals surface area contributed by atoms with Crippen LogP contribution in [-0.2, 0) is 16.0 Å². The first-order chi connectivity index (χ1) is 8.77. The summed E-state index contributed by atoms with van der Waals surface area (Å²) < 4.78 is 11.6. The molecular formula is C13H16N2O3. The average molecular weight is 248 g/mol. The lowest BCUT2D eigenvalue weighted by atomic mass is 10.1. The molecule has 1 heterocycles. The Balaban J connectivity index is 2.33. The lowest BCUT2D eigenvalue weighted by molar-refractivity contribution is 0.0603. The van der Waals surface area contributed by atoms with Crippen molar-refractivity contribution in [2.45, 2.75) is 13.0 Å². The molecule has 2 rings (SSSR count). The fourth-order valence-electron chi connectivity index (χ4n) is 1.93. The molecule has 0 aliphatic heterocycles. The second-order valence-corrected chi connectivity index (χ2v) is 3.94. The number of methoxy groups -OCH3 is 2. The number of hydrogen-bond donors (Lipinski definition) is 0. The molecule has 1 aromatic heterocycles. The first kappa shape index (κ1) is 12.6. The van der Waals surface area contributed by atoms with Crippen molar-refractivity contribution >= 4 is 16.9 Å². The summed E-state index contributed by atoms with van der Waals surface area (Å²) in [4.78, 5) is 11.6. The maximum absolute atomic E-state index is 11.6. The molecule has 5 nitrogen and oxygen atoms in total. The van der Waals surface area contributed by atoms with Gasteiger partial charge < -0.3 is 9.47 Å². The van der Waals surface area contributed by atoms with Crippen LogP contribution in [0.15, 0.2) is 24.4 Å². The Morgan fingerprint density at radius 2 is 2.22 bits per heavy atom. The summed E-state index contributed by atoms with van der Waals surface area (Å²) in [6.07, 6.45) is 2.59. The van der Waals surface area contributed by atoms with Gasteiger partial charge in [0.1, 0.15) is 0 Å². The monoisotopic (exact) mass is 248 g/mol. The van der Waals surface area contributed by atoms with Gasteiger partial charge in [-0.3, -0.25) is 4.68 Å². The molecule has 0 bridgehead atoms. The predicted molar refractivity (Wildman–Crippen MR) is 67.6 cm³/mol. The summed E-state index contributed by atoms with van der Waals surface area (Å²) >= 11 is 0. The minimum atomic E-state index is -0.336. The third kappa shape index (κ3) is 2.36. The quantitative estimate of drug-likeness (QED) is 0.598. The van der Waals surface area contributed by atoms with Crippen LogP contribution in [0, 0.1) is 0 Å². The molecule has 0 amide bonds. The number of aryl methyl sites for hydroxylation is 1. The molecule has 0 radical (unpaired) electrons. The highest BCUT2D eigenvalue weighted by atomic mass is 16.5. The highest BCUT2D eigenvalue weighted by molar-refractivity contribution is 6.03. The number of benzene rings is 1. The van der Waals surface area contributed by atoms with Gasteiger partial charge in [-0.15, -0.1) is 0 Å². The Kier molecular flexibility index (Phi) is 3.94. The molecular weight excluding hydrogens is 232 g/mol. The van der Waals surface area contributed by atoms with E-state index in [0.29, 0.717) is 12.2 Å². The van der Waals surface area contributed by atoms with Crippen LogP contribution in [0.25, 0.3) is 10.9 Å². The van der Waals surface area contributed by atoms with Crippen molar-refractivity contribution in [2.75, 3.05) is 20.8 Å². The van der Waals surface area contributed by atoms with E-state index >= 15 is 0 Å². The summed E-state index contributed by atoms with van der Waals surface area (Å²) in [5.41, 5.74) is 1.49.